The summed E-state index contributed by atoms with van der Waals surface area (Å²) < 4.78 is 1.82. The van der Waals surface area contributed by atoms with Crippen LogP contribution >= 0.6 is 11.3 Å². The van der Waals surface area contributed by atoms with Crippen LogP contribution in [0.15, 0.2) is 60.2 Å². The van der Waals surface area contributed by atoms with E-state index in [0.29, 0.717) is 12.5 Å². The maximum Gasteiger partial charge on any atom is 0.227 e. The molecule has 24 heavy (non-hydrogen) atoms. The highest BCUT2D eigenvalue weighted by Crippen LogP contribution is 2.30. The van der Waals surface area contributed by atoms with Crippen molar-refractivity contribution in [3.8, 4) is 5.69 Å². The van der Waals surface area contributed by atoms with Crippen molar-refractivity contribution in [3.63, 3.8) is 0 Å². The van der Waals surface area contributed by atoms with Gasteiger partial charge in [0.2, 0.25) is 5.91 Å². The summed E-state index contributed by atoms with van der Waals surface area (Å²) in [4.78, 5) is 16.0. The van der Waals surface area contributed by atoms with E-state index >= 15 is 0 Å². The minimum Gasteiger partial charge on any atom is -0.334 e. The maximum absolute atomic E-state index is 12.7. The third-order valence-corrected chi connectivity index (χ3v) is 5.14. The lowest BCUT2D eigenvalue weighted by molar-refractivity contribution is -0.131. The van der Waals surface area contributed by atoms with Crippen molar-refractivity contribution in [1.82, 2.24) is 14.7 Å². The highest BCUT2D eigenvalue weighted by Gasteiger charge is 2.32. The Morgan fingerprint density at radius 1 is 1.21 bits per heavy atom. The molecule has 0 spiro atoms. The van der Waals surface area contributed by atoms with Crippen LogP contribution in [0.3, 0.4) is 0 Å². The first-order chi connectivity index (χ1) is 11.8. The van der Waals surface area contributed by atoms with Crippen molar-refractivity contribution in [1.29, 1.82) is 0 Å². The van der Waals surface area contributed by atoms with Crippen LogP contribution in [0.25, 0.3) is 5.69 Å². The summed E-state index contributed by atoms with van der Waals surface area (Å²) in [5, 5.41) is 6.29. The van der Waals surface area contributed by atoms with Gasteiger partial charge in [-0.05, 0) is 48.1 Å². The monoisotopic (exact) mass is 337 g/mol. The molecule has 1 aliphatic rings. The van der Waals surface area contributed by atoms with Gasteiger partial charge in [0.15, 0.2) is 0 Å². The number of hydrogen-bond donors (Lipinski definition) is 0. The molecule has 2 heterocycles. The van der Waals surface area contributed by atoms with Crippen LogP contribution in [0.1, 0.15) is 23.3 Å². The fourth-order valence-electron chi connectivity index (χ4n) is 2.84. The second-order valence-corrected chi connectivity index (χ2v) is 7.16. The van der Waals surface area contributed by atoms with E-state index in [1.165, 1.54) is 4.88 Å². The summed E-state index contributed by atoms with van der Waals surface area (Å²) in [6.07, 6.45) is 6.40. The van der Waals surface area contributed by atoms with Gasteiger partial charge in [-0.2, -0.15) is 5.10 Å². The Bertz CT molecular complexity index is 790. The Morgan fingerprint density at radius 2 is 2.04 bits per heavy atom. The highest BCUT2D eigenvalue weighted by atomic mass is 32.1. The summed E-state index contributed by atoms with van der Waals surface area (Å²) in [5.74, 6) is 0.220. The predicted molar refractivity (Wildman–Crippen MR) is 95.2 cm³/mol. The molecule has 2 aromatic heterocycles. The molecule has 0 saturated heterocycles. The Morgan fingerprint density at radius 3 is 2.67 bits per heavy atom. The number of hydrogen-bond acceptors (Lipinski definition) is 3. The van der Waals surface area contributed by atoms with Gasteiger partial charge in [0.1, 0.15) is 0 Å². The zero-order chi connectivity index (χ0) is 16.4. The molecule has 4 nitrogen and oxygen atoms in total. The second kappa shape index (κ2) is 6.61. The largest absolute Gasteiger partial charge is 0.334 e. The summed E-state index contributed by atoms with van der Waals surface area (Å²) >= 11 is 1.72. The van der Waals surface area contributed by atoms with Gasteiger partial charge >= 0.3 is 0 Å². The van der Waals surface area contributed by atoms with Gasteiger partial charge in [-0.3, -0.25) is 4.79 Å². The number of thiophene rings is 1. The molecular formula is C19H19N3OS. The molecule has 0 unspecified atom stereocenters. The highest BCUT2D eigenvalue weighted by molar-refractivity contribution is 7.09. The number of benzene rings is 1. The molecule has 0 bridgehead atoms. The number of amides is 1. The van der Waals surface area contributed by atoms with E-state index in [-0.39, 0.29) is 5.91 Å². The number of rotatable bonds is 6. The van der Waals surface area contributed by atoms with E-state index < -0.39 is 0 Å². The minimum absolute atomic E-state index is 0.220. The molecule has 1 aliphatic carbocycles. The van der Waals surface area contributed by atoms with Crippen molar-refractivity contribution in [2.75, 3.05) is 0 Å². The molecule has 1 aromatic carbocycles. The zero-order valence-electron chi connectivity index (χ0n) is 13.3. The van der Waals surface area contributed by atoms with E-state index in [2.05, 4.69) is 16.5 Å². The molecule has 122 valence electrons. The first-order valence-corrected chi connectivity index (χ1v) is 9.08. The Hall–Kier alpha value is -2.40. The first kappa shape index (κ1) is 15.1. The van der Waals surface area contributed by atoms with Gasteiger partial charge < -0.3 is 4.90 Å². The molecule has 4 rings (SSSR count). The quantitative estimate of drug-likeness (QED) is 0.688. The topological polar surface area (TPSA) is 38.1 Å². The summed E-state index contributed by atoms with van der Waals surface area (Å²) in [5.41, 5.74) is 2.06. The normalized spacial score (nSPS) is 13.8. The van der Waals surface area contributed by atoms with Gasteiger partial charge in [0, 0.05) is 23.3 Å². The van der Waals surface area contributed by atoms with Crippen LogP contribution in [-0.4, -0.2) is 26.6 Å². The molecule has 0 aliphatic heterocycles. The fraction of sp³-hybridized carbons (Fsp3) is 0.263. The van der Waals surface area contributed by atoms with Crippen LogP contribution in [0.5, 0.6) is 0 Å². The third kappa shape index (κ3) is 3.41. The maximum atomic E-state index is 12.7. The lowest BCUT2D eigenvalue weighted by Crippen LogP contribution is -2.33. The lowest BCUT2D eigenvalue weighted by Gasteiger charge is -2.22. The molecule has 1 saturated carbocycles. The second-order valence-electron chi connectivity index (χ2n) is 6.13. The molecule has 0 radical (unpaired) electrons. The Kier molecular flexibility index (Phi) is 4.17. The lowest BCUT2D eigenvalue weighted by atomic mass is 10.1. The van der Waals surface area contributed by atoms with Crippen LogP contribution in [0, 0.1) is 0 Å². The van der Waals surface area contributed by atoms with Crippen molar-refractivity contribution in [2.45, 2.75) is 31.8 Å². The Balaban J connectivity index is 1.44. The van der Waals surface area contributed by atoms with Crippen molar-refractivity contribution >= 4 is 17.2 Å². The van der Waals surface area contributed by atoms with E-state index in [9.17, 15) is 4.79 Å². The third-order valence-electron chi connectivity index (χ3n) is 4.27. The van der Waals surface area contributed by atoms with Gasteiger partial charge in [0.05, 0.1) is 18.7 Å². The van der Waals surface area contributed by atoms with Gasteiger partial charge in [0.25, 0.3) is 0 Å². The van der Waals surface area contributed by atoms with E-state index in [1.54, 1.807) is 17.5 Å². The molecule has 0 N–H and O–H groups in total. The number of nitrogens with zero attached hydrogens (tertiary/aromatic N) is 3. The predicted octanol–water partition coefficient (Wildman–Crippen LogP) is 3.67. The molecule has 1 fully saturated rings. The zero-order valence-corrected chi connectivity index (χ0v) is 14.2. The summed E-state index contributed by atoms with van der Waals surface area (Å²) in [6.45, 7) is 0.743. The summed E-state index contributed by atoms with van der Waals surface area (Å²) in [7, 11) is 0. The van der Waals surface area contributed by atoms with Crippen LogP contribution in [0.2, 0.25) is 0 Å². The van der Waals surface area contributed by atoms with Gasteiger partial charge in [-0.1, -0.05) is 18.2 Å². The standard InChI is InChI=1S/C19H19N3OS/c23-19(21(16-8-9-16)14-18-3-1-12-24-18)13-15-4-6-17(7-5-15)22-11-2-10-20-22/h1-7,10-12,16H,8-9,13-14H2. The Labute approximate surface area is 145 Å². The van der Waals surface area contributed by atoms with Crippen molar-refractivity contribution < 1.29 is 4.79 Å². The van der Waals surface area contributed by atoms with Crippen molar-refractivity contribution in [2.24, 2.45) is 0 Å². The van der Waals surface area contributed by atoms with E-state index in [1.807, 2.05) is 52.2 Å². The van der Waals surface area contributed by atoms with Crippen molar-refractivity contribution in [3.05, 3.63) is 70.7 Å². The summed E-state index contributed by atoms with van der Waals surface area (Å²) in [6, 6.07) is 14.5. The fourth-order valence-corrected chi connectivity index (χ4v) is 3.54. The SMILES string of the molecule is O=C(Cc1ccc(-n2cccn2)cc1)N(Cc1cccs1)C1CC1. The van der Waals surface area contributed by atoms with Gasteiger partial charge in [-0.15, -0.1) is 11.3 Å². The number of aromatic nitrogens is 2. The molecule has 1 amide bonds. The van der Waals surface area contributed by atoms with Crippen LogP contribution in [-0.2, 0) is 17.8 Å². The molecule has 5 heteroatoms. The number of carbonyl (C=O) groups excluding carboxylic acids is 1. The molecule has 0 atom stereocenters. The van der Waals surface area contributed by atoms with E-state index in [0.717, 1.165) is 30.6 Å². The van der Waals surface area contributed by atoms with Crippen LogP contribution in [0.4, 0.5) is 0 Å². The average molecular weight is 337 g/mol. The molecular weight excluding hydrogens is 318 g/mol. The van der Waals surface area contributed by atoms with E-state index in [4.69, 9.17) is 0 Å². The smallest absolute Gasteiger partial charge is 0.227 e. The van der Waals surface area contributed by atoms with Crippen LogP contribution < -0.4 is 0 Å². The first-order valence-electron chi connectivity index (χ1n) is 8.20. The average Bonchev–Trinajstić information content (AvgIpc) is 3.08. The minimum atomic E-state index is 0.220. The number of carbonyl (C=O) groups is 1. The van der Waals surface area contributed by atoms with Gasteiger partial charge in [-0.25, -0.2) is 4.68 Å². The molecule has 3 aromatic rings.